The zero-order chi connectivity index (χ0) is 19.0. The number of thiazole rings is 1. The minimum atomic E-state index is -3.65. The first kappa shape index (κ1) is 17.8. The van der Waals surface area contributed by atoms with Gasteiger partial charge in [-0.2, -0.15) is 0 Å². The van der Waals surface area contributed by atoms with Gasteiger partial charge < -0.3 is 0 Å². The summed E-state index contributed by atoms with van der Waals surface area (Å²) in [5.74, 6) is 0. The summed E-state index contributed by atoms with van der Waals surface area (Å²) in [6.45, 7) is 3.98. The molecule has 0 atom stereocenters. The third-order valence-corrected chi connectivity index (χ3v) is 6.88. The lowest BCUT2D eigenvalue weighted by atomic mass is 10.1. The molecule has 27 heavy (non-hydrogen) atoms. The Morgan fingerprint density at radius 1 is 1.15 bits per heavy atom. The number of nitrogens with one attached hydrogen (secondary N) is 1. The second kappa shape index (κ2) is 6.83. The van der Waals surface area contributed by atoms with E-state index in [4.69, 9.17) is 0 Å². The average Bonchev–Trinajstić information content (AvgIpc) is 3.24. The molecule has 0 aliphatic heterocycles. The van der Waals surface area contributed by atoms with Crippen LogP contribution in [-0.4, -0.2) is 17.8 Å². The van der Waals surface area contributed by atoms with E-state index in [0.717, 1.165) is 27.5 Å². The Morgan fingerprint density at radius 3 is 2.74 bits per heavy atom. The zero-order valence-electron chi connectivity index (χ0n) is 15.0. The molecule has 0 unspecified atom stereocenters. The van der Waals surface area contributed by atoms with Gasteiger partial charge in [-0.15, -0.1) is 11.3 Å². The Kier molecular flexibility index (Phi) is 4.49. The summed E-state index contributed by atoms with van der Waals surface area (Å²) in [6.07, 6.45) is 2.63. The molecule has 0 spiro atoms. The lowest BCUT2D eigenvalue weighted by Crippen LogP contribution is -2.14. The fraction of sp³-hybridized carbons (Fsp3) is 0.150. The van der Waals surface area contributed by atoms with Crippen LogP contribution in [0.1, 0.15) is 18.2 Å². The Balaban J connectivity index is 1.68. The fourth-order valence-corrected chi connectivity index (χ4v) is 5.26. The summed E-state index contributed by atoms with van der Waals surface area (Å²) in [7, 11) is -3.65. The molecule has 0 aliphatic rings. The zero-order valence-corrected chi connectivity index (χ0v) is 16.6. The van der Waals surface area contributed by atoms with Gasteiger partial charge in [-0.25, -0.2) is 13.4 Å². The molecule has 2 aromatic heterocycles. The van der Waals surface area contributed by atoms with E-state index in [1.54, 1.807) is 29.5 Å². The largest absolute Gasteiger partial charge is 0.294 e. The molecular weight excluding hydrogens is 378 g/mol. The highest BCUT2D eigenvalue weighted by Gasteiger charge is 2.18. The van der Waals surface area contributed by atoms with Gasteiger partial charge in [0.1, 0.15) is 0 Å². The average molecular weight is 398 g/mol. The molecule has 0 amide bonds. The van der Waals surface area contributed by atoms with Crippen molar-refractivity contribution in [2.24, 2.45) is 0 Å². The van der Waals surface area contributed by atoms with Crippen LogP contribution in [0.25, 0.3) is 16.2 Å². The number of nitrogens with zero attached hydrogens (tertiary/aromatic N) is 2. The number of hydrogen-bond donors (Lipinski definition) is 1. The number of hydrogen-bond acceptors (Lipinski definition) is 4. The molecule has 0 bridgehead atoms. The minimum Gasteiger partial charge on any atom is -0.294 e. The molecule has 0 fully saturated rings. The SMILES string of the molecule is CCc1ccccc1S(=O)(=O)Nc1cccc(-c2cn3c(C)csc3n2)c1. The molecule has 2 heterocycles. The van der Waals surface area contributed by atoms with Crippen molar-refractivity contribution in [3.05, 3.63) is 71.4 Å². The van der Waals surface area contributed by atoms with Crippen molar-refractivity contribution < 1.29 is 8.42 Å². The molecule has 0 saturated heterocycles. The fourth-order valence-electron chi connectivity index (χ4n) is 3.04. The Bertz CT molecular complexity index is 1220. The lowest BCUT2D eigenvalue weighted by Gasteiger charge is -2.12. The van der Waals surface area contributed by atoms with E-state index >= 15 is 0 Å². The van der Waals surface area contributed by atoms with Gasteiger partial charge in [0, 0.05) is 28.5 Å². The molecule has 0 aliphatic carbocycles. The Hall–Kier alpha value is -2.64. The molecule has 0 radical (unpaired) electrons. The topological polar surface area (TPSA) is 63.5 Å². The first-order chi connectivity index (χ1) is 13.0. The van der Waals surface area contributed by atoms with Gasteiger partial charge in [-0.05, 0) is 37.1 Å². The predicted molar refractivity (Wildman–Crippen MR) is 110 cm³/mol. The third-order valence-electron chi connectivity index (χ3n) is 4.44. The maximum Gasteiger partial charge on any atom is 0.262 e. The number of rotatable bonds is 5. The smallest absolute Gasteiger partial charge is 0.262 e. The minimum absolute atomic E-state index is 0.316. The number of aromatic nitrogens is 2. The van der Waals surface area contributed by atoms with Gasteiger partial charge in [0.05, 0.1) is 10.6 Å². The summed E-state index contributed by atoms with van der Waals surface area (Å²) in [6, 6.07) is 14.4. The van der Waals surface area contributed by atoms with Crippen LogP contribution in [0.2, 0.25) is 0 Å². The summed E-state index contributed by atoms with van der Waals surface area (Å²) >= 11 is 1.59. The second-order valence-corrected chi connectivity index (χ2v) is 8.79. The number of sulfonamides is 1. The molecule has 0 saturated carbocycles. The van der Waals surface area contributed by atoms with E-state index < -0.39 is 10.0 Å². The van der Waals surface area contributed by atoms with E-state index in [9.17, 15) is 8.42 Å². The predicted octanol–water partition coefficient (Wildman–Crippen LogP) is 4.73. The Labute approximate surface area is 162 Å². The van der Waals surface area contributed by atoms with E-state index in [1.165, 1.54) is 0 Å². The van der Waals surface area contributed by atoms with Crippen molar-refractivity contribution in [1.29, 1.82) is 0 Å². The van der Waals surface area contributed by atoms with Crippen LogP contribution < -0.4 is 4.72 Å². The van der Waals surface area contributed by atoms with Gasteiger partial charge in [0.15, 0.2) is 4.96 Å². The quantitative estimate of drug-likeness (QED) is 0.529. The van der Waals surface area contributed by atoms with Crippen LogP contribution in [0.15, 0.2) is 65.0 Å². The van der Waals surface area contributed by atoms with E-state index in [2.05, 4.69) is 15.1 Å². The van der Waals surface area contributed by atoms with Crippen molar-refractivity contribution in [2.45, 2.75) is 25.2 Å². The van der Waals surface area contributed by atoms with Gasteiger partial charge in [-0.1, -0.05) is 37.3 Å². The Morgan fingerprint density at radius 2 is 1.96 bits per heavy atom. The monoisotopic (exact) mass is 397 g/mol. The van der Waals surface area contributed by atoms with Crippen molar-refractivity contribution in [3.63, 3.8) is 0 Å². The summed E-state index contributed by atoms with van der Waals surface area (Å²) < 4.78 is 30.4. The molecule has 1 N–H and O–H groups in total. The molecule has 5 nitrogen and oxygen atoms in total. The highest BCUT2D eigenvalue weighted by Crippen LogP contribution is 2.27. The molecule has 2 aromatic carbocycles. The van der Waals surface area contributed by atoms with Crippen molar-refractivity contribution in [1.82, 2.24) is 9.38 Å². The standard InChI is InChI=1S/C20H19N3O2S2/c1-3-15-7-4-5-10-19(15)27(24,25)22-17-9-6-8-16(11-17)18-12-23-14(2)13-26-20(23)21-18/h4-13,22H,3H2,1-2H3. The third kappa shape index (κ3) is 3.36. The summed E-state index contributed by atoms with van der Waals surface area (Å²) in [4.78, 5) is 5.87. The summed E-state index contributed by atoms with van der Waals surface area (Å²) in [5, 5.41) is 2.06. The van der Waals surface area contributed by atoms with Crippen LogP contribution >= 0.6 is 11.3 Å². The summed E-state index contributed by atoms with van der Waals surface area (Å²) in [5.41, 5.74) is 4.13. The van der Waals surface area contributed by atoms with Crippen molar-refractivity contribution in [3.8, 4) is 11.3 Å². The van der Waals surface area contributed by atoms with Crippen LogP contribution in [0.4, 0.5) is 5.69 Å². The van der Waals surface area contributed by atoms with Crippen LogP contribution in [0.5, 0.6) is 0 Å². The van der Waals surface area contributed by atoms with E-state index in [0.29, 0.717) is 17.0 Å². The van der Waals surface area contributed by atoms with Crippen molar-refractivity contribution >= 4 is 32.0 Å². The van der Waals surface area contributed by atoms with E-state index in [1.807, 2.05) is 54.8 Å². The maximum atomic E-state index is 12.8. The molecule has 4 aromatic rings. The number of aryl methyl sites for hydroxylation is 2. The number of fused-ring (bicyclic) bond motifs is 1. The highest BCUT2D eigenvalue weighted by atomic mass is 32.2. The van der Waals surface area contributed by atoms with Gasteiger partial charge in [0.25, 0.3) is 10.0 Å². The lowest BCUT2D eigenvalue weighted by molar-refractivity contribution is 0.600. The second-order valence-electron chi connectivity index (χ2n) is 6.30. The van der Waals surface area contributed by atoms with Gasteiger partial charge >= 0.3 is 0 Å². The van der Waals surface area contributed by atoms with E-state index in [-0.39, 0.29) is 0 Å². The van der Waals surface area contributed by atoms with Crippen molar-refractivity contribution in [2.75, 3.05) is 4.72 Å². The molecule has 4 rings (SSSR count). The first-order valence-corrected chi connectivity index (χ1v) is 11.0. The molecular formula is C20H19N3O2S2. The van der Waals surface area contributed by atoms with Gasteiger partial charge in [-0.3, -0.25) is 9.12 Å². The number of anilines is 1. The van der Waals surface area contributed by atoms with Gasteiger partial charge in [0.2, 0.25) is 0 Å². The molecule has 7 heteroatoms. The first-order valence-electron chi connectivity index (χ1n) is 8.62. The molecule has 138 valence electrons. The maximum absolute atomic E-state index is 12.8. The highest BCUT2D eigenvalue weighted by molar-refractivity contribution is 7.92. The number of benzene rings is 2. The van der Waals surface area contributed by atoms with Crippen LogP contribution in [0, 0.1) is 6.92 Å². The number of imidazole rings is 1. The van der Waals surface area contributed by atoms with Crippen LogP contribution in [-0.2, 0) is 16.4 Å². The normalized spacial score (nSPS) is 11.8. The van der Waals surface area contributed by atoms with Crippen LogP contribution in [0.3, 0.4) is 0 Å².